The lowest BCUT2D eigenvalue weighted by atomic mass is 10.2. The third kappa shape index (κ3) is 7.54. The summed E-state index contributed by atoms with van der Waals surface area (Å²) in [7, 11) is 0. The lowest BCUT2D eigenvalue weighted by molar-refractivity contribution is -0.135. The Morgan fingerprint density at radius 2 is 1.87 bits per heavy atom. The molecule has 0 spiro atoms. The number of unbranched alkanes of at least 4 members (excludes halogenated alkanes) is 3. The van der Waals surface area contributed by atoms with Crippen LogP contribution in [0, 0.1) is 0 Å². The van der Waals surface area contributed by atoms with Gasteiger partial charge in [0.15, 0.2) is 0 Å². The summed E-state index contributed by atoms with van der Waals surface area (Å²) < 4.78 is 0. The summed E-state index contributed by atoms with van der Waals surface area (Å²) in [4.78, 5) is 20.8. The highest BCUT2D eigenvalue weighted by molar-refractivity contribution is 5.94. The molecule has 15 heavy (non-hydrogen) atoms. The van der Waals surface area contributed by atoms with E-state index in [1.54, 1.807) is 0 Å². The molecule has 0 aromatic rings. The van der Waals surface area contributed by atoms with E-state index >= 15 is 0 Å². The van der Waals surface area contributed by atoms with Crippen molar-refractivity contribution in [2.75, 3.05) is 6.54 Å². The van der Waals surface area contributed by atoms with Crippen LogP contribution in [0.3, 0.4) is 0 Å². The minimum absolute atomic E-state index is 0.265. The molecule has 5 nitrogen and oxygen atoms in total. The van der Waals surface area contributed by atoms with Gasteiger partial charge >= 0.3 is 11.9 Å². The summed E-state index contributed by atoms with van der Waals surface area (Å²) in [5, 5.41) is 19.6. The van der Waals surface area contributed by atoms with Crippen LogP contribution >= 0.6 is 0 Å². The van der Waals surface area contributed by atoms with E-state index in [0.29, 0.717) is 12.6 Å². The molecule has 0 aromatic heterocycles. The molecule has 0 saturated carbocycles. The first-order chi connectivity index (χ1) is 7.07. The molecule has 0 rings (SSSR count). The predicted octanol–water partition coefficient (Wildman–Crippen LogP) is 1.21. The molecule has 0 aromatic carbocycles. The van der Waals surface area contributed by atoms with E-state index in [-0.39, 0.29) is 5.70 Å². The summed E-state index contributed by atoms with van der Waals surface area (Å²) in [6.07, 6.45) is 4.74. The van der Waals surface area contributed by atoms with Crippen LogP contribution in [0.5, 0.6) is 0 Å². The van der Waals surface area contributed by atoms with Crippen LogP contribution < -0.4 is 5.32 Å². The number of carboxylic acids is 2. The van der Waals surface area contributed by atoms with Crippen molar-refractivity contribution < 1.29 is 19.8 Å². The predicted molar refractivity (Wildman–Crippen MR) is 55.5 cm³/mol. The summed E-state index contributed by atoms with van der Waals surface area (Å²) in [6, 6.07) is 0. The molecule has 0 heterocycles. The maximum Gasteiger partial charge on any atom is 0.352 e. The Kier molecular flexibility index (Phi) is 7.05. The highest BCUT2D eigenvalue weighted by Crippen LogP contribution is 1.98. The normalized spacial score (nSPS) is 11.1. The molecule has 0 aliphatic heterocycles. The first-order valence-electron chi connectivity index (χ1n) is 4.99. The van der Waals surface area contributed by atoms with E-state index in [1.807, 2.05) is 0 Å². The Morgan fingerprint density at radius 1 is 1.20 bits per heavy atom. The van der Waals surface area contributed by atoms with E-state index in [1.165, 1.54) is 0 Å². The highest BCUT2D eigenvalue weighted by atomic mass is 16.4. The summed E-state index contributed by atoms with van der Waals surface area (Å²) in [5.41, 5.74) is -0.265. The SMILES string of the molecule is CCCCCCN/C(=C/C(=O)O)C(=O)O. The van der Waals surface area contributed by atoms with Gasteiger partial charge in [-0.15, -0.1) is 0 Å². The third-order valence-corrected chi connectivity index (χ3v) is 1.84. The molecule has 0 fully saturated rings. The Hall–Kier alpha value is -1.52. The van der Waals surface area contributed by atoms with Gasteiger partial charge in [-0.3, -0.25) is 0 Å². The van der Waals surface area contributed by atoms with Gasteiger partial charge in [-0.05, 0) is 6.42 Å². The minimum Gasteiger partial charge on any atom is -0.478 e. The van der Waals surface area contributed by atoms with Crippen molar-refractivity contribution in [2.45, 2.75) is 32.6 Å². The first-order valence-corrected chi connectivity index (χ1v) is 4.99. The molecule has 0 aliphatic carbocycles. The lowest BCUT2D eigenvalue weighted by Crippen LogP contribution is -2.22. The average Bonchev–Trinajstić information content (AvgIpc) is 2.15. The van der Waals surface area contributed by atoms with Crippen molar-refractivity contribution in [1.82, 2.24) is 5.32 Å². The molecule has 0 unspecified atom stereocenters. The van der Waals surface area contributed by atoms with Gasteiger partial charge in [0.2, 0.25) is 0 Å². The van der Waals surface area contributed by atoms with Crippen molar-refractivity contribution in [2.24, 2.45) is 0 Å². The number of rotatable bonds is 8. The van der Waals surface area contributed by atoms with Crippen LogP contribution in [-0.4, -0.2) is 28.7 Å². The maximum absolute atomic E-state index is 10.6. The van der Waals surface area contributed by atoms with Crippen LogP contribution in [0.1, 0.15) is 32.6 Å². The fourth-order valence-corrected chi connectivity index (χ4v) is 1.09. The summed E-state index contributed by atoms with van der Waals surface area (Å²) in [6.45, 7) is 2.58. The summed E-state index contributed by atoms with van der Waals surface area (Å²) in [5.74, 6) is -2.50. The van der Waals surface area contributed by atoms with E-state index < -0.39 is 11.9 Å². The zero-order valence-electron chi connectivity index (χ0n) is 8.82. The van der Waals surface area contributed by atoms with Gasteiger partial charge in [-0.25, -0.2) is 9.59 Å². The van der Waals surface area contributed by atoms with Gasteiger partial charge in [-0.2, -0.15) is 0 Å². The molecule has 0 saturated heterocycles. The molecule has 0 bridgehead atoms. The molecule has 3 N–H and O–H groups in total. The van der Waals surface area contributed by atoms with Crippen LogP contribution in [0.4, 0.5) is 0 Å². The van der Waals surface area contributed by atoms with E-state index in [2.05, 4.69) is 12.2 Å². The van der Waals surface area contributed by atoms with Crippen molar-refractivity contribution in [3.8, 4) is 0 Å². The Bertz CT molecular complexity index is 248. The molecule has 0 atom stereocenters. The van der Waals surface area contributed by atoms with E-state index in [4.69, 9.17) is 10.2 Å². The average molecular weight is 215 g/mol. The molecule has 0 aliphatic rings. The van der Waals surface area contributed by atoms with Gasteiger partial charge in [-0.1, -0.05) is 26.2 Å². The second kappa shape index (κ2) is 7.84. The van der Waals surface area contributed by atoms with Crippen molar-refractivity contribution in [3.63, 3.8) is 0 Å². The Morgan fingerprint density at radius 3 is 2.33 bits per heavy atom. The van der Waals surface area contributed by atoms with Gasteiger partial charge in [0.25, 0.3) is 0 Å². The van der Waals surface area contributed by atoms with Crippen LogP contribution in [0.25, 0.3) is 0 Å². The van der Waals surface area contributed by atoms with Crippen molar-refractivity contribution in [1.29, 1.82) is 0 Å². The third-order valence-electron chi connectivity index (χ3n) is 1.84. The number of nitrogens with one attached hydrogen (secondary N) is 1. The Labute approximate surface area is 88.8 Å². The minimum atomic E-state index is -1.26. The molecule has 86 valence electrons. The van der Waals surface area contributed by atoms with Crippen LogP contribution in [0.2, 0.25) is 0 Å². The van der Waals surface area contributed by atoms with E-state index in [9.17, 15) is 9.59 Å². The second-order valence-electron chi connectivity index (χ2n) is 3.19. The fourth-order valence-electron chi connectivity index (χ4n) is 1.09. The summed E-state index contributed by atoms with van der Waals surface area (Å²) >= 11 is 0. The fraction of sp³-hybridized carbons (Fsp3) is 0.600. The zero-order chi connectivity index (χ0) is 11.7. The highest BCUT2D eigenvalue weighted by Gasteiger charge is 2.07. The van der Waals surface area contributed by atoms with Crippen molar-refractivity contribution in [3.05, 3.63) is 11.8 Å². The van der Waals surface area contributed by atoms with Gasteiger partial charge in [0.05, 0.1) is 6.08 Å². The number of carbonyl (C=O) groups is 2. The van der Waals surface area contributed by atoms with E-state index in [0.717, 1.165) is 25.7 Å². The number of hydrogen-bond donors (Lipinski definition) is 3. The quantitative estimate of drug-likeness (QED) is 0.418. The zero-order valence-corrected chi connectivity index (χ0v) is 8.82. The Balaban J connectivity index is 3.88. The van der Waals surface area contributed by atoms with Crippen LogP contribution in [-0.2, 0) is 9.59 Å². The maximum atomic E-state index is 10.6. The molecular formula is C10H17NO4. The van der Waals surface area contributed by atoms with Crippen molar-refractivity contribution >= 4 is 11.9 Å². The van der Waals surface area contributed by atoms with Gasteiger partial charge in [0.1, 0.15) is 5.70 Å². The number of hydrogen-bond acceptors (Lipinski definition) is 3. The standard InChI is InChI=1S/C10H17NO4/c1-2-3-4-5-6-11-8(10(14)15)7-9(12)13/h7,11H,2-6H2,1H3,(H,12,13)(H,14,15)/b8-7+. The molecule has 0 radical (unpaired) electrons. The van der Waals surface area contributed by atoms with Crippen LogP contribution in [0.15, 0.2) is 11.8 Å². The number of aliphatic carboxylic acids is 2. The monoisotopic (exact) mass is 215 g/mol. The first kappa shape index (κ1) is 13.5. The van der Waals surface area contributed by atoms with Gasteiger partial charge in [0, 0.05) is 6.54 Å². The smallest absolute Gasteiger partial charge is 0.352 e. The molecule has 5 heteroatoms. The molecule has 0 amide bonds. The lowest BCUT2D eigenvalue weighted by Gasteiger charge is -2.05. The second-order valence-corrected chi connectivity index (χ2v) is 3.19. The van der Waals surface area contributed by atoms with Gasteiger partial charge < -0.3 is 15.5 Å². The molecular weight excluding hydrogens is 198 g/mol. The number of carboxylic acid groups (broad SMARTS) is 2. The topological polar surface area (TPSA) is 86.6 Å². The largest absolute Gasteiger partial charge is 0.478 e.